The normalized spacial score (nSPS) is 17.9. The van der Waals surface area contributed by atoms with Crippen LogP contribution < -0.4 is 10.5 Å². The molecule has 2 heterocycles. The molecule has 3 rings (SSSR count). The standard InChI is InChI=1S/C16H21N3O2S/c1-3-12-9-18-16(22-12)14-7-10-6-11(21-5-4-20-2)8-13(17)15(10)19-14/h6-8,12,19H,3-5,9,17H2,1-2H3. The molecule has 0 saturated heterocycles. The Morgan fingerprint density at radius 2 is 2.23 bits per heavy atom. The zero-order valence-electron chi connectivity index (χ0n) is 12.9. The number of ether oxygens (including phenoxy) is 2. The molecule has 0 saturated carbocycles. The largest absolute Gasteiger partial charge is 0.491 e. The molecule has 1 aliphatic rings. The summed E-state index contributed by atoms with van der Waals surface area (Å²) in [5, 5.41) is 2.71. The van der Waals surface area contributed by atoms with Crippen molar-refractivity contribution in [3.8, 4) is 5.75 Å². The van der Waals surface area contributed by atoms with Crippen molar-refractivity contribution in [2.45, 2.75) is 18.6 Å². The molecule has 2 aromatic rings. The molecule has 3 N–H and O–H groups in total. The van der Waals surface area contributed by atoms with Gasteiger partial charge in [-0.1, -0.05) is 18.7 Å². The molecule has 0 bridgehead atoms. The van der Waals surface area contributed by atoms with E-state index < -0.39 is 0 Å². The van der Waals surface area contributed by atoms with Crippen LogP contribution in [0.15, 0.2) is 23.2 Å². The van der Waals surface area contributed by atoms with Gasteiger partial charge in [0.15, 0.2) is 0 Å². The Kier molecular flexibility index (Phi) is 4.59. The number of hydrogen-bond acceptors (Lipinski definition) is 5. The van der Waals surface area contributed by atoms with E-state index in [1.807, 2.05) is 23.9 Å². The number of nitrogens with two attached hydrogens (primary N) is 1. The molecule has 1 aromatic heterocycles. The minimum atomic E-state index is 0.513. The van der Waals surface area contributed by atoms with Crippen molar-refractivity contribution < 1.29 is 9.47 Å². The molecule has 5 nitrogen and oxygen atoms in total. The van der Waals surface area contributed by atoms with Gasteiger partial charge in [0.1, 0.15) is 17.4 Å². The Hall–Kier alpha value is -1.66. The third kappa shape index (κ3) is 3.08. The van der Waals surface area contributed by atoms with Crippen LogP contribution in [0.4, 0.5) is 5.69 Å². The maximum atomic E-state index is 6.14. The molecule has 118 valence electrons. The highest BCUT2D eigenvalue weighted by Crippen LogP contribution is 2.32. The van der Waals surface area contributed by atoms with Crippen LogP contribution in [0, 0.1) is 0 Å². The topological polar surface area (TPSA) is 72.6 Å². The summed E-state index contributed by atoms with van der Waals surface area (Å²) in [4.78, 5) is 8.01. The molecule has 0 spiro atoms. The lowest BCUT2D eigenvalue weighted by molar-refractivity contribution is 0.146. The van der Waals surface area contributed by atoms with E-state index in [1.54, 1.807) is 7.11 Å². The molecule has 1 atom stereocenters. The van der Waals surface area contributed by atoms with Gasteiger partial charge in [-0.2, -0.15) is 0 Å². The Morgan fingerprint density at radius 3 is 2.95 bits per heavy atom. The van der Waals surface area contributed by atoms with E-state index in [-0.39, 0.29) is 0 Å². The van der Waals surface area contributed by atoms with Gasteiger partial charge in [-0.05, 0) is 18.6 Å². The predicted molar refractivity (Wildman–Crippen MR) is 93.2 cm³/mol. The molecule has 1 unspecified atom stereocenters. The van der Waals surface area contributed by atoms with E-state index in [9.17, 15) is 0 Å². The van der Waals surface area contributed by atoms with Crippen molar-refractivity contribution in [1.29, 1.82) is 0 Å². The molecule has 0 amide bonds. The lowest BCUT2D eigenvalue weighted by atomic mass is 10.2. The number of methoxy groups -OCH3 is 1. The molecule has 1 aromatic carbocycles. The van der Waals surface area contributed by atoms with Crippen LogP contribution in [0.5, 0.6) is 5.75 Å². The van der Waals surface area contributed by atoms with Gasteiger partial charge in [0, 0.05) is 23.8 Å². The van der Waals surface area contributed by atoms with Crippen molar-refractivity contribution in [1.82, 2.24) is 4.98 Å². The van der Waals surface area contributed by atoms with Gasteiger partial charge in [-0.3, -0.25) is 4.99 Å². The van der Waals surface area contributed by atoms with Gasteiger partial charge >= 0.3 is 0 Å². The number of aliphatic imine (C=N–C) groups is 1. The summed E-state index contributed by atoms with van der Waals surface area (Å²) >= 11 is 1.84. The Balaban J connectivity index is 1.85. The van der Waals surface area contributed by atoms with E-state index in [0.29, 0.717) is 24.2 Å². The highest BCUT2D eigenvalue weighted by molar-refractivity contribution is 8.15. The van der Waals surface area contributed by atoms with Crippen molar-refractivity contribution in [2.24, 2.45) is 4.99 Å². The average Bonchev–Trinajstić information content (AvgIpc) is 3.13. The van der Waals surface area contributed by atoms with Gasteiger partial charge < -0.3 is 20.2 Å². The molecule has 6 heteroatoms. The summed E-state index contributed by atoms with van der Waals surface area (Å²) in [6.45, 7) is 4.16. The molecular weight excluding hydrogens is 298 g/mol. The van der Waals surface area contributed by atoms with Crippen LogP contribution in [0.25, 0.3) is 10.9 Å². The van der Waals surface area contributed by atoms with Crippen LogP contribution in [-0.2, 0) is 4.74 Å². The molecular formula is C16H21N3O2S. The average molecular weight is 319 g/mol. The monoisotopic (exact) mass is 319 g/mol. The minimum absolute atomic E-state index is 0.513. The second kappa shape index (κ2) is 6.62. The summed E-state index contributed by atoms with van der Waals surface area (Å²) in [5.41, 5.74) is 8.81. The quantitative estimate of drug-likeness (QED) is 0.634. The summed E-state index contributed by atoms with van der Waals surface area (Å²) in [6, 6.07) is 5.94. The highest BCUT2D eigenvalue weighted by Gasteiger charge is 2.20. The summed E-state index contributed by atoms with van der Waals surface area (Å²) < 4.78 is 10.6. The number of anilines is 1. The van der Waals surface area contributed by atoms with Crippen LogP contribution >= 0.6 is 11.8 Å². The number of fused-ring (bicyclic) bond motifs is 1. The molecule has 0 radical (unpaired) electrons. The number of nitrogens with one attached hydrogen (secondary N) is 1. The van der Waals surface area contributed by atoms with Gasteiger partial charge in [-0.25, -0.2) is 0 Å². The fourth-order valence-electron chi connectivity index (χ4n) is 2.46. The molecule has 22 heavy (non-hydrogen) atoms. The number of hydrogen-bond donors (Lipinski definition) is 2. The first-order chi connectivity index (χ1) is 10.7. The summed E-state index contributed by atoms with van der Waals surface area (Å²) in [5.74, 6) is 0.764. The maximum Gasteiger partial charge on any atom is 0.122 e. The van der Waals surface area contributed by atoms with E-state index in [2.05, 4.69) is 23.0 Å². The number of nitrogen functional groups attached to an aromatic ring is 1. The van der Waals surface area contributed by atoms with Crippen molar-refractivity contribution in [3.63, 3.8) is 0 Å². The first-order valence-electron chi connectivity index (χ1n) is 7.46. The fraction of sp³-hybridized carbons (Fsp3) is 0.438. The number of benzene rings is 1. The number of nitrogens with zero attached hydrogens (tertiary/aromatic N) is 1. The third-order valence-electron chi connectivity index (χ3n) is 3.69. The van der Waals surface area contributed by atoms with Crippen molar-refractivity contribution in [3.05, 3.63) is 23.9 Å². The smallest absolute Gasteiger partial charge is 0.122 e. The molecule has 0 fully saturated rings. The minimum Gasteiger partial charge on any atom is -0.491 e. The Bertz CT molecular complexity index is 696. The zero-order chi connectivity index (χ0) is 15.5. The van der Waals surface area contributed by atoms with Crippen molar-refractivity contribution >= 4 is 33.4 Å². The van der Waals surface area contributed by atoms with Gasteiger partial charge in [0.05, 0.1) is 30.0 Å². The van der Waals surface area contributed by atoms with Crippen LogP contribution in [0.1, 0.15) is 19.0 Å². The van der Waals surface area contributed by atoms with Crippen LogP contribution in [-0.4, -0.2) is 42.1 Å². The highest BCUT2D eigenvalue weighted by atomic mass is 32.2. The lowest BCUT2D eigenvalue weighted by Crippen LogP contribution is -2.04. The van der Waals surface area contributed by atoms with E-state index >= 15 is 0 Å². The van der Waals surface area contributed by atoms with Crippen LogP contribution in [0.3, 0.4) is 0 Å². The number of rotatable bonds is 6. The summed E-state index contributed by atoms with van der Waals surface area (Å²) in [6.07, 6.45) is 1.14. The fourth-order valence-corrected chi connectivity index (χ4v) is 3.48. The SMILES string of the molecule is CCC1CN=C(c2cc3cc(OCCOC)cc(N)c3[nH]2)S1. The van der Waals surface area contributed by atoms with E-state index in [0.717, 1.165) is 40.4 Å². The van der Waals surface area contributed by atoms with Gasteiger partial charge in [0.25, 0.3) is 0 Å². The Labute approximate surface area is 134 Å². The van der Waals surface area contributed by atoms with Crippen LogP contribution in [0.2, 0.25) is 0 Å². The lowest BCUT2D eigenvalue weighted by Gasteiger charge is -2.06. The first kappa shape index (κ1) is 15.2. The maximum absolute atomic E-state index is 6.14. The predicted octanol–water partition coefficient (Wildman–Crippen LogP) is 3.05. The van der Waals surface area contributed by atoms with Gasteiger partial charge in [-0.15, -0.1) is 0 Å². The van der Waals surface area contributed by atoms with E-state index in [4.69, 9.17) is 15.2 Å². The third-order valence-corrected chi connectivity index (χ3v) is 5.08. The number of aromatic amines is 1. The van der Waals surface area contributed by atoms with E-state index in [1.165, 1.54) is 0 Å². The second-order valence-electron chi connectivity index (χ2n) is 5.29. The number of H-pyrrole nitrogens is 1. The Morgan fingerprint density at radius 1 is 1.36 bits per heavy atom. The first-order valence-corrected chi connectivity index (χ1v) is 8.34. The molecule has 0 aliphatic carbocycles. The second-order valence-corrected chi connectivity index (χ2v) is 6.58. The summed E-state index contributed by atoms with van der Waals surface area (Å²) in [7, 11) is 1.66. The number of thioether (sulfide) groups is 1. The van der Waals surface area contributed by atoms with Crippen molar-refractivity contribution in [2.75, 3.05) is 32.6 Å². The molecule has 1 aliphatic heterocycles. The van der Waals surface area contributed by atoms with Gasteiger partial charge in [0.2, 0.25) is 0 Å². The zero-order valence-corrected chi connectivity index (χ0v) is 13.7. The number of aromatic nitrogens is 1.